The summed E-state index contributed by atoms with van der Waals surface area (Å²) in [6.45, 7) is 7.76. The van der Waals surface area contributed by atoms with Crippen molar-refractivity contribution in [2.75, 3.05) is 45.9 Å². The van der Waals surface area contributed by atoms with Gasteiger partial charge in [-0.05, 0) is 43.4 Å². The Hall–Kier alpha value is -0.930. The molecule has 158 valence electrons. The second-order valence-electron chi connectivity index (χ2n) is 7.45. The maximum Gasteiger partial charge on any atom is 0.191 e. The van der Waals surface area contributed by atoms with Gasteiger partial charge in [0.1, 0.15) is 5.82 Å². The first kappa shape index (κ1) is 23.3. The standard InChI is InChI=1S/C21H33FN4O.HI/c1-2-23-21(24-11-3-4-17-5-6-17)25-16-20(26-12-14-27-15-13-26)18-7-9-19(22)10-8-18;/h7-10,17,20H,2-6,11-16H2,1H3,(H2,23,24,25);1H. The van der Waals surface area contributed by atoms with E-state index in [2.05, 4.69) is 22.5 Å². The third kappa shape index (κ3) is 7.83. The SMILES string of the molecule is CCNC(=NCC(c1ccc(F)cc1)N1CCOCC1)NCCCC1CC1.I. The lowest BCUT2D eigenvalue weighted by molar-refractivity contribution is 0.0179. The topological polar surface area (TPSA) is 48.9 Å². The highest BCUT2D eigenvalue weighted by atomic mass is 127. The molecule has 0 radical (unpaired) electrons. The van der Waals surface area contributed by atoms with Crippen LogP contribution in [0.1, 0.15) is 44.2 Å². The number of rotatable bonds is 9. The minimum absolute atomic E-state index is 0. The van der Waals surface area contributed by atoms with Gasteiger partial charge in [-0.25, -0.2) is 4.39 Å². The van der Waals surface area contributed by atoms with Gasteiger partial charge in [0.25, 0.3) is 0 Å². The molecule has 2 fully saturated rings. The van der Waals surface area contributed by atoms with Gasteiger partial charge in [-0.1, -0.05) is 25.0 Å². The molecule has 1 saturated carbocycles. The Kier molecular flexibility index (Phi) is 10.5. The van der Waals surface area contributed by atoms with Gasteiger partial charge >= 0.3 is 0 Å². The zero-order chi connectivity index (χ0) is 18.9. The minimum Gasteiger partial charge on any atom is -0.379 e. The van der Waals surface area contributed by atoms with E-state index in [4.69, 9.17) is 9.73 Å². The zero-order valence-corrected chi connectivity index (χ0v) is 19.2. The van der Waals surface area contributed by atoms with Gasteiger partial charge < -0.3 is 15.4 Å². The number of guanidine groups is 1. The van der Waals surface area contributed by atoms with Crippen LogP contribution in [0.4, 0.5) is 4.39 Å². The van der Waals surface area contributed by atoms with Crippen molar-refractivity contribution in [1.29, 1.82) is 0 Å². The van der Waals surface area contributed by atoms with Crippen molar-refractivity contribution in [1.82, 2.24) is 15.5 Å². The Bertz CT molecular complexity index is 589. The Morgan fingerprint density at radius 2 is 1.93 bits per heavy atom. The number of benzene rings is 1. The van der Waals surface area contributed by atoms with E-state index in [-0.39, 0.29) is 35.8 Å². The fourth-order valence-corrected chi connectivity index (χ4v) is 3.53. The highest BCUT2D eigenvalue weighted by molar-refractivity contribution is 14.0. The Morgan fingerprint density at radius 3 is 2.57 bits per heavy atom. The molecule has 1 aliphatic carbocycles. The largest absolute Gasteiger partial charge is 0.379 e. The Balaban J connectivity index is 0.00000280. The molecule has 1 aromatic rings. The van der Waals surface area contributed by atoms with Crippen LogP contribution in [0.2, 0.25) is 0 Å². The third-order valence-electron chi connectivity index (χ3n) is 5.29. The second kappa shape index (κ2) is 12.6. The molecule has 0 bridgehead atoms. The average molecular weight is 504 g/mol. The van der Waals surface area contributed by atoms with Gasteiger partial charge in [0, 0.05) is 26.2 Å². The molecule has 2 N–H and O–H groups in total. The zero-order valence-electron chi connectivity index (χ0n) is 16.8. The van der Waals surface area contributed by atoms with Crippen molar-refractivity contribution < 1.29 is 9.13 Å². The first-order valence-corrected chi connectivity index (χ1v) is 10.4. The van der Waals surface area contributed by atoms with Crippen LogP contribution in [0.3, 0.4) is 0 Å². The van der Waals surface area contributed by atoms with E-state index in [0.29, 0.717) is 6.54 Å². The molecule has 1 saturated heterocycles. The van der Waals surface area contributed by atoms with E-state index < -0.39 is 0 Å². The molecule has 5 nitrogen and oxygen atoms in total. The summed E-state index contributed by atoms with van der Waals surface area (Å²) in [6, 6.07) is 6.96. The number of hydrogen-bond acceptors (Lipinski definition) is 3. The fourth-order valence-electron chi connectivity index (χ4n) is 3.53. The van der Waals surface area contributed by atoms with E-state index >= 15 is 0 Å². The van der Waals surface area contributed by atoms with E-state index in [0.717, 1.165) is 56.8 Å². The van der Waals surface area contributed by atoms with Crippen LogP contribution >= 0.6 is 24.0 Å². The van der Waals surface area contributed by atoms with Gasteiger partial charge in [-0.3, -0.25) is 9.89 Å². The summed E-state index contributed by atoms with van der Waals surface area (Å²) in [5.74, 6) is 1.64. The lowest BCUT2D eigenvalue weighted by Crippen LogP contribution is -2.42. The van der Waals surface area contributed by atoms with E-state index in [1.807, 2.05) is 12.1 Å². The molecule has 0 amide bonds. The second-order valence-corrected chi connectivity index (χ2v) is 7.45. The van der Waals surface area contributed by atoms with E-state index in [1.54, 1.807) is 0 Å². The maximum absolute atomic E-state index is 13.4. The number of morpholine rings is 1. The Labute approximate surface area is 185 Å². The van der Waals surface area contributed by atoms with Gasteiger partial charge in [0.05, 0.1) is 25.8 Å². The van der Waals surface area contributed by atoms with Crippen LogP contribution in [-0.4, -0.2) is 56.8 Å². The third-order valence-corrected chi connectivity index (χ3v) is 5.29. The molecule has 1 heterocycles. The molecule has 7 heteroatoms. The number of hydrogen-bond donors (Lipinski definition) is 2. The molecule has 1 unspecified atom stereocenters. The van der Waals surface area contributed by atoms with E-state index in [1.165, 1.54) is 37.8 Å². The highest BCUT2D eigenvalue weighted by Crippen LogP contribution is 2.33. The molecule has 3 rings (SSSR count). The summed E-state index contributed by atoms with van der Waals surface area (Å²) in [5.41, 5.74) is 1.10. The van der Waals surface area contributed by atoms with Gasteiger partial charge in [-0.2, -0.15) is 0 Å². The van der Waals surface area contributed by atoms with Crippen molar-refractivity contribution in [2.45, 2.75) is 38.6 Å². The number of halogens is 2. The van der Waals surface area contributed by atoms with Crippen LogP contribution in [0.25, 0.3) is 0 Å². The Morgan fingerprint density at radius 1 is 1.21 bits per heavy atom. The summed E-state index contributed by atoms with van der Waals surface area (Å²) >= 11 is 0. The number of nitrogens with zero attached hydrogens (tertiary/aromatic N) is 2. The van der Waals surface area contributed by atoms with Crippen LogP contribution in [0.15, 0.2) is 29.3 Å². The van der Waals surface area contributed by atoms with Crippen molar-refractivity contribution in [3.8, 4) is 0 Å². The summed E-state index contributed by atoms with van der Waals surface area (Å²) < 4.78 is 18.9. The fraction of sp³-hybridized carbons (Fsp3) is 0.667. The van der Waals surface area contributed by atoms with Gasteiger partial charge in [0.15, 0.2) is 5.96 Å². The molecule has 1 aromatic carbocycles. The van der Waals surface area contributed by atoms with Crippen LogP contribution in [-0.2, 0) is 4.74 Å². The van der Waals surface area contributed by atoms with Crippen molar-refractivity contribution >= 4 is 29.9 Å². The number of ether oxygens (including phenoxy) is 1. The number of aliphatic imine (C=N–C) groups is 1. The quantitative estimate of drug-likeness (QED) is 0.234. The lowest BCUT2D eigenvalue weighted by atomic mass is 10.0. The highest BCUT2D eigenvalue weighted by Gasteiger charge is 2.23. The van der Waals surface area contributed by atoms with Crippen molar-refractivity contribution in [3.05, 3.63) is 35.6 Å². The van der Waals surface area contributed by atoms with Gasteiger partial charge in [0.2, 0.25) is 0 Å². The van der Waals surface area contributed by atoms with E-state index in [9.17, 15) is 4.39 Å². The molecule has 2 aliphatic rings. The normalized spacial score (nSPS) is 19.0. The molecule has 28 heavy (non-hydrogen) atoms. The first-order chi connectivity index (χ1) is 13.3. The van der Waals surface area contributed by atoms with Crippen molar-refractivity contribution in [2.24, 2.45) is 10.9 Å². The van der Waals surface area contributed by atoms with Crippen molar-refractivity contribution in [3.63, 3.8) is 0 Å². The van der Waals surface area contributed by atoms with Gasteiger partial charge in [-0.15, -0.1) is 24.0 Å². The molecular formula is C21H34FIN4O. The van der Waals surface area contributed by atoms with Crippen LogP contribution < -0.4 is 10.6 Å². The molecule has 0 aromatic heterocycles. The average Bonchev–Trinajstić information content (AvgIpc) is 3.52. The molecule has 0 spiro atoms. The molecule has 1 aliphatic heterocycles. The van der Waals surface area contributed by atoms with Crippen LogP contribution in [0.5, 0.6) is 0 Å². The molecule has 1 atom stereocenters. The molecular weight excluding hydrogens is 470 g/mol. The number of nitrogens with one attached hydrogen (secondary N) is 2. The maximum atomic E-state index is 13.4. The monoisotopic (exact) mass is 504 g/mol. The summed E-state index contributed by atoms with van der Waals surface area (Å²) in [4.78, 5) is 7.22. The summed E-state index contributed by atoms with van der Waals surface area (Å²) in [6.07, 6.45) is 5.33. The minimum atomic E-state index is -0.200. The smallest absolute Gasteiger partial charge is 0.191 e. The lowest BCUT2D eigenvalue weighted by Gasteiger charge is -2.34. The predicted molar refractivity (Wildman–Crippen MR) is 123 cm³/mol. The summed E-state index contributed by atoms with van der Waals surface area (Å²) in [7, 11) is 0. The first-order valence-electron chi connectivity index (χ1n) is 10.4. The van der Waals surface area contributed by atoms with Crippen LogP contribution in [0, 0.1) is 11.7 Å². The summed E-state index contributed by atoms with van der Waals surface area (Å²) in [5, 5.41) is 6.80. The predicted octanol–water partition coefficient (Wildman–Crippen LogP) is 3.56.